The Morgan fingerprint density at radius 3 is 2.76 bits per heavy atom. The lowest BCUT2D eigenvalue weighted by Crippen LogP contribution is -2.32. The quantitative estimate of drug-likeness (QED) is 0.205. The molecule has 5 rings (SSSR count). The number of phenols is 1. The number of hydrogen-bond donors (Lipinski definition) is 5. The number of imidazole rings is 1. The van der Waals surface area contributed by atoms with Gasteiger partial charge in [-0.25, -0.2) is 19.3 Å². The van der Waals surface area contributed by atoms with Crippen LogP contribution in [0.4, 0.5) is 10.2 Å². The van der Waals surface area contributed by atoms with Crippen molar-refractivity contribution >= 4 is 28.7 Å². The number of aliphatic hydroxyl groups is 2. The zero-order valence-electron chi connectivity index (χ0n) is 19.7. The Bertz CT molecular complexity index is 1390. The van der Waals surface area contributed by atoms with Crippen molar-refractivity contribution in [1.29, 1.82) is 0 Å². The molecule has 4 aromatic rings. The number of phenolic OH excluding ortho intramolecular Hbond substituents is 1. The van der Waals surface area contributed by atoms with E-state index in [0.29, 0.717) is 23.5 Å². The van der Waals surface area contributed by atoms with E-state index < -0.39 is 30.4 Å². The van der Waals surface area contributed by atoms with Crippen molar-refractivity contribution in [3.63, 3.8) is 0 Å². The maximum atomic E-state index is 13.3. The third kappa shape index (κ3) is 5.38. The second-order valence-electron chi connectivity index (χ2n) is 8.75. The minimum Gasteiger partial charge on any atom is -0.505 e. The number of nitrogens with zero attached hydrogens (tertiary/aromatic N) is 4. The van der Waals surface area contributed by atoms with Crippen molar-refractivity contribution in [3.05, 3.63) is 66.5 Å². The number of ether oxygens (including phenoxy) is 1. The fraction of sp³-hybridized carbons (Fsp3) is 0.320. The number of halogens is 1. The summed E-state index contributed by atoms with van der Waals surface area (Å²) < 4.78 is 20.9. The van der Waals surface area contributed by atoms with E-state index in [4.69, 9.17) is 10.5 Å². The molecule has 37 heavy (non-hydrogen) atoms. The second-order valence-corrected chi connectivity index (χ2v) is 9.90. The van der Waals surface area contributed by atoms with Gasteiger partial charge in [-0.1, -0.05) is 24.3 Å². The molecule has 2 aromatic heterocycles. The normalized spacial score (nSPS) is 21.6. The van der Waals surface area contributed by atoms with E-state index >= 15 is 0 Å². The van der Waals surface area contributed by atoms with Gasteiger partial charge in [0, 0.05) is 24.6 Å². The van der Waals surface area contributed by atoms with Crippen molar-refractivity contribution in [1.82, 2.24) is 24.8 Å². The summed E-state index contributed by atoms with van der Waals surface area (Å²) in [5.74, 6) is 0.498. The highest BCUT2D eigenvalue weighted by atomic mass is 32.2. The summed E-state index contributed by atoms with van der Waals surface area (Å²) >= 11 is 1.61. The molecule has 2 aromatic carbocycles. The van der Waals surface area contributed by atoms with Crippen molar-refractivity contribution < 1.29 is 24.4 Å². The van der Waals surface area contributed by atoms with Crippen LogP contribution in [0.3, 0.4) is 0 Å². The Hall–Kier alpha value is -3.29. The minimum atomic E-state index is -1.13. The van der Waals surface area contributed by atoms with Crippen LogP contribution in [0.1, 0.15) is 11.8 Å². The molecule has 3 heterocycles. The summed E-state index contributed by atoms with van der Waals surface area (Å²) in [6.07, 6.45) is -0.761. The number of nitrogens with two attached hydrogens (primary N) is 1. The highest BCUT2D eigenvalue weighted by Crippen LogP contribution is 2.33. The first-order valence-electron chi connectivity index (χ1n) is 11.7. The molecule has 0 unspecified atom stereocenters. The van der Waals surface area contributed by atoms with Crippen LogP contribution in [0.2, 0.25) is 0 Å². The molecule has 0 bridgehead atoms. The Balaban J connectivity index is 1.09. The molecule has 0 aliphatic carbocycles. The predicted octanol–water partition coefficient (Wildman–Crippen LogP) is 2.06. The topological polar surface area (TPSA) is 152 Å². The Morgan fingerprint density at radius 1 is 1.08 bits per heavy atom. The number of anilines is 1. The number of rotatable bonds is 9. The van der Waals surface area contributed by atoms with Gasteiger partial charge in [0.05, 0.1) is 12.4 Å². The van der Waals surface area contributed by atoms with Crippen LogP contribution in [-0.4, -0.2) is 71.2 Å². The first-order chi connectivity index (χ1) is 17.9. The summed E-state index contributed by atoms with van der Waals surface area (Å²) in [4.78, 5) is 12.3. The van der Waals surface area contributed by atoms with Gasteiger partial charge in [-0.3, -0.25) is 4.57 Å². The number of fused-ring (bicyclic) bond motifs is 1. The molecule has 1 aliphatic heterocycles. The molecular weight excluding hydrogens is 499 g/mol. The molecule has 10 nitrogen and oxygen atoms in total. The van der Waals surface area contributed by atoms with Crippen molar-refractivity contribution in [2.45, 2.75) is 31.1 Å². The number of nitrogen functional groups attached to an aromatic ring is 1. The zero-order valence-corrected chi connectivity index (χ0v) is 20.6. The van der Waals surface area contributed by atoms with E-state index in [9.17, 15) is 19.7 Å². The van der Waals surface area contributed by atoms with Crippen LogP contribution in [0.25, 0.3) is 22.3 Å². The molecule has 6 N–H and O–H groups in total. The molecule has 1 fully saturated rings. The van der Waals surface area contributed by atoms with Gasteiger partial charge >= 0.3 is 0 Å². The van der Waals surface area contributed by atoms with Crippen LogP contribution >= 0.6 is 11.8 Å². The van der Waals surface area contributed by atoms with Gasteiger partial charge in [-0.15, -0.1) is 0 Å². The Kier molecular flexibility index (Phi) is 7.53. The number of aliphatic hydroxyl groups excluding tert-OH is 2. The van der Waals surface area contributed by atoms with Gasteiger partial charge in [0.1, 0.15) is 24.1 Å². The maximum absolute atomic E-state index is 13.3. The van der Waals surface area contributed by atoms with Crippen molar-refractivity contribution in [2.75, 3.05) is 23.8 Å². The van der Waals surface area contributed by atoms with E-state index in [2.05, 4.69) is 20.3 Å². The average molecular weight is 527 g/mol. The predicted molar refractivity (Wildman–Crippen MR) is 138 cm³/mol. The number of aromatic hydroxyl groups is 1. The first kappa shape index (κ1) is 25.4. The third-order valence-electron chi connectivity index (χ3n) is 6.24. The van der Waals surface area contributed by atoms with Gasteiger partial charge in [0.2, 0.25) is 0 Å². The molecule has 0 spiro atoms. The lowest BCUT2D eigenvalue weighted by molar-refractivity contribution is -0.0289. The van der Waals surface area contributed by atoms with Crippen LogP contribution in [0.15, 0.2) is 55.1 Å². The molecule has 194 valence electrons. The summed E-state index contributed by atoms with van der Waals surface area (Å²) in [5.41, 5.74) is 9.38. The van der Waals surface area contributed by atoms with E-state index in [1.165, 1.54) is 24.8 Å². The van der Waals surface area contributed by atoms with Crippen LogP contribution in [0, 0.1) is 5.82 Å². The summed E-state index contributed by atoms with van der Waals surface area (Å²) in [6, 6.07) is 12.1. The lowest BCUT2D eigenvalue weighted by atomic mass is 10.0. The molecule has 4 atom stereocenters. The standard InChI is InChI=1S/C25H27FN6O4S/c26-17-5-4-16(9-18(17)33)15-3-1-2-14(8-15)10-28-6-7-37-11-19-21(34)22(35)25(36-19)32-13-31-20-23(27)29-12-30-24(20)32/h1-5,8-9,12-13,19,21-22,25,28,33-35H,6-7,10-11H2,(H2,27,29,30)/t19-,21-,22-,25-/m1/s1. The van der Waals surface area contributed by atoms with Crippen LogP contribution < -0.4 is 11.1 Å². The Labute approximate surface area is 216 Å². The fourth-order valence-electron chi connectivity index (χ4n) is 4.28. The number of aromatic nitrogens is 4. The number of hydrogen-bond acceptors (Lipinski definition) is 10. The highest BCUT2D eigenvalue weighted by molar-refractivity contribution is 7.99. The van der Waals surface area contributed by atoms with E-state index in [0.717, 1.165) is 29.0 Å². The maximum Gasteiger partial charge on any atom is 0.167 e. The van der Waals surface area contributed by atoms with Crippen LogP contribution in [0.5, 0.6) is 5.75 Å². The van der Waals surface area contributed by atoms with Crippen LogP contribution in [-0.2, 0) is 11.3 Å². The van der Waals surface area contributed by atoms with Gasteiger partial charge in [0.25, 0.3) is 0 Å². The van der Waals surface area contributed by atoms with Gasteiger partial charge in [-0.2, -0.15) is 11.8 Å². The van der Waals surface area contributed by atoms with E-state index in [1.807, 2.05) is 24.3 Å². The third-order valence-corrected chi connectivity index (χ3v) is 7.30. The second kappa shape index (κ2) is 11.0. The van der Waals surface area contributed by atoms with E-state index in [-0.39, 0.29) is 11.6 Å². The van der Waals surface area contributed by atoms with E-state index in [1.54, 1.807) is 22.4 Å². The summed E-state index contributed by atoms with van der Waals surface area (Å²) in [5, 5.41) is 34.1. The molecule has 0 radical (unpaired) electrons. The van der Waals surface area contributed by atoms with Gasteiger partial charge < -0.3 is 31.1 Å². The molecule has 12 heteroatoms. The Morgan fingerprint density at radius 2 is 1.92 bits per heavy atom. The molecule has 1 aliphatic rings. The average Bonchev–Trinajstić information content (AvgIpc) is 3.45. The van der Waals surface area contributed by atoms with Crippen molar-refractivity contribution in [2.24, 2.45) is 0 Å². The number of benzene rings is 2. The fourth-order valence-corrected chi connectivity index (χ4v) is 5.25. The molecule has 0 amide bonds. The number of nitrogens with one attached hydrogen (secondary N) is 1. The van der Waals surface area contributed by atoms with Gasteiger partial charge in [-0.05, 0) is 34.9 Å². The SMILES string of the molecule is Nc1ncnc2c1ncn2[C@@H]1O[C@H](CSCCNCc2cccc(-c3ccc(F)c(O)c3)c2)[C@@H](O)[C@H]1O. The monoisotopic (exact) mass is 526 g/mol. The number of thioether (sulfide) groups is 1. The summed E-state index contributed by atoms with van der Waals surface area (Å²) in [6.45, 7) is 1.37. The molecule has 1 saturated heterocycles. The lowest BCUT2D eigenvalue weighted by Gasteiger charge is -2.16. The first-order valence-corrected chi connectivity index (χ1v) is 12.9. The van der Waals surface area contributed by atoms with Gasteiger partial charge in [0.15, 0.2) is 29.3 Å². The zero-order chi connectivity index (χ0) is 25.9. The molecular formula is C25H27FN6O4S. The smallest absolute Gasteiger partial charge is 0.167 e. The molecule has 0 saturated carbocycles. The van der Waals surface area contributed by atoms with Crippen molar-refractivity contribution in [3.8, 4) is 16.9 Å². The minimum absolute atomic E-state index is 0.234. The summed E-state index contributed by atoms with van der Waals surface area (Å²) in [7, 11) is 0. The largest absolute Gasteiger partial charge is 0.505 e. The highest BCUT2D eigenvalue weighted by Gasteiger charge is 2.44.